The van der Waals surface area contributed by atoms with E-state index in [0.717, 1.165) is 0 Å². The van der Waals surface area contributed by atoms with Crippen molar-refractivity contribution in [1.29, 1.82) is 0 Å². The summed E-state index contributed by atoms with van der Waals surface area (Å²) in [4.78, 5) is 13.5. The third kappa shape index (κ3) is 16.0. The van der Waals surface area contributed by atoms with Gasteiger partial charge < -0.3 is 5.73 Å². The number of hydrogen-bond acceptors (Lipinski definition) is 3. The fraction of sp³-hybridized carbons (Fsp3) is 0.500. The predicted molar refractivity (Wildman–Crippen MR) is 81.0 cm³/mol. The minimum atomic E-state index is -0.565. The van der Waals surface area contributed by atoms with Gasteiger partial charge in [-0.05, 0) is 12.0 Å². The number of carbonyl (C=O) groups excluding carboxylic acids is 1. The fourth-order valence-electron chi connectivity index (χ4n) is 1.08. The number of rotatable bonds is 7. The second kappa shape index (κ2) is 18.9. The second-order valence-electron chi connectivity index (χ2n) is 3.70. The molecule has 0 radical (unpaired) electrons. The average Bonchev–Trinajstić information content (AvgIpc) is 2.59. The molecular formula is C14H21F3N4O. The minimum absolute atomic E-state index is 0.0215. The number of alkyl halides is 3. The summed E-state index contributed by atoms with van der Waals surface area (Å²) in [6.07, 6.45) is 0.633. The molecule has 0 amide bonds. The third-order valence-corrected chi connectivity index (χ3v) is 1.99. The third-order valence-electron chi connectivity index (χ3n) is 1.99. The topological polar surface area (TPSA) is 91.9 Å². The molecule has 0 saturated carbocycles. The SMILES string of the molecule is NCC[18F].O=C(CCC[18F])c1ccccc1.[N-]=[N+]=NCC[18F]. The van der Waals surface area contributed by atoms with Gasteiger partial charge in [0.25, 0.3) is 0 Å². The molecule has 22 heavy (non-hydrogen) atoms. The first kappa shape index (κ1) is 22.2. The monoisotopic (exact) mass is 315 g/mol. The first-order valence-electron chi connectivity index (χ1n) is 6.64. The summed E-state index contributed by atoms with van der Waals surface area (Å²) >= 11 is 0. The standard InChI is InChI=1S/C10H11FO.C2H4FN3.C2H6FN/c11-8-4-7-10(12)9-5-2-1-3-6-9;3-1-2-5-6-4;3-1-2-4/h1-3,5-6H,4,7-8H2;1-2H2;1-2,4H2/i11-1;2*3-1. The molecule has 5 nitrogen and oxygen atoms in total. The van der Waals surface area contributed by atoms with Crippen molar-refractivity contribution in [3.8, 4) is 0 Å². The van der Waals surface area contributed by atoms with Gasteiger partial charge in [0.05, 0.1) is 19.9 Å². The molecule has 2 N–H and O–H groups in total. The van der Waals surface area contributed by atoms with Gasteiger partial charge in [-0.2, -0.15) is 0 Å². The average molecular weight is 315 g/mol. The van der Waals surface area contributed by atoms with E-state index in [1.807, 2.05) is 18.2 Å². The summed E-state index contributed by atoms with van der Waals surface area (Å²) in [6.45, 7) is -1.28. The van der Waals surface area contributed by atoms with Crippen molar-refractivity contribution in [2.24, 2.45) is 10.8 Å². The molecule has 124 valence electrons. The molecule has 0 aliphatic rings. The highest BCUT2D eigenvalue weighted by Gasteiger charge is 2.02. The van der Waals surface area contributed by atoms with E-state index in [0.29, 0.717) is 18.4 Å². The van der Waals surface area contributed by atoms with E-state index < -0.39 is 20.0 Å². The van der Waals surface area contributed by atoms with Crippen molar-refractivity contribution < 1.29 is 18.0 Å². The molecule has 8 heteroatoms. The molecule has 1 aromatic carbocycles. The summed E-state index contributed by atoms with van der Waals surface area (Å²) in [6, 6.07) is 8.97. The second-order valence-corrected chi connectivity index (χ2v) is 3.70. The number of nitrogens with two attached hydrogens (primary N) is 1. The highest BCUT2D eigenvalue weighted by atomic mass is 18.2. The number of hydrogen-bond donors (Lipinski definition) is 1. The van der Waals surface area contributed by atoms with Gasteiger partial charge in [0.15, 0.2) is 5.78 Å². The van der Waals surface area contributed by atoms with Gasteiger partial charge in [-0.3, -0.25) is 13.6 Å². The summed E-state index contributed by atoms with van der Waals surface area (Å²) in [5.74, 6) is 0.0215. The zero-order valence-electron chi connectivity index (χ0n) is 12.3. The van der Waals surface area contributed by atoms with E-state index in [1.165, 1.54) is 0 Å². The van der Waals surface area contributed by atoms with Crippen LogP contribution in [0.5, 0.6) is 0 Å². The molecule has 0 aromatic heterocycles. The van der Waals surface area contributed by atoms with Crippen LogP contribution in [-0.4, -0.2) is 38.9 Å². The molecule has 0 bridgehead atoms. The zero-order chi connectivity index (χ0) is 17.1. The van der Waals surface area contributed by atoms with Gasteiger partial charge in [0.1, 0.15) is 6.67 Å². The maximum absolute atomic E-state index is 11.7. The number of ketones is 1. The maximum Gasteiger partial charge on any atom is 0.162 e. The predicted octanol–water partition coefficient (Wildman–Crippen LogP) is 3.80. The lowest BCUT2D eigenvalue weighted by Gasteiger charge is -1.97. The van der Waals surface area contributed by atoms with Crippen LogP contribution in [0.3, 0.4) is 0 Å². The van der Waals surface area contributed by atoms with Crippen LogP contribution >= 0.6 is 0 Å². The van der Waals surface area contributed by atoms with Gasteiger partial charge in [0, 0.05) is 23.4 Å². The van der Waals surface area contributed by atoms with Crippen molar-refractivity contribution in [2.75, 3.05) is 33.1 Å². The molecule has 0 aliphatic carbocycles. The number of halogens is 3. The minimum Gasteiger partial charge on any atom is -0.328 e. The first-order valence-corrected chi connectivity index (χ1v) is 6.64. The molecule has 0 saturated heterocycles. The molecular weight excluding hydrogens is 294 g/mol. The van der Waals surface area contributed by atoms with Crippen molar-refractivity contribution in [2.45, 2.75) is 12.8 Å². The Morgan fingerprint density at radius 2 is 1.73 bits per heavy atom. The van der Waals surface area contributed by atoms with Gasteiger partial charge in [-0.25, -0.2) is 4.39 Å². The first-order chi connectivity index (χ1) is 10.7. The molecule has 0 spiro atoms. The molecule has 0 unspecified atom stereocenters. The Balaban J connectivity index is 0. The van der Waals surface area contributed by atoms with Crippen LogP contribution in [0.1, 0.15) is 23.2 Å². The molecule has 0 fully saturated rings. The summed E-state index contributed by atoms with van der Waals surface area (Å²) < 4.78 is 33.2. The zero-order valence-corrected chi connectivity index (χ0v) is 12.3. The van der Waals surface area contributed by atoms with Gasteiger partial charge >= 0.3 is 0 Å². The van der Waals surface area contributed by atoms with Crippen LogP contribution in [0.15, 0.2) is 35.4 Å². The Labute approximate surface area is 127 Å². The Morgan fingerprint density at radius 3 is 2.09 bits per heavy atom. The number of nitrogens with zero attached hydrogens (tertiary/aromatic N) is 3. The van der Waals surface area contributed by atoms with Crippen LogP contribution in [0.25, 0.3) is 10.4 Å². The Bertz CT molecular complexity index is 410. The van der Waals surface area contributed by atoms with Crippen molar-refractivity contribution >= 4 is 5.78 Å². The fourth-order valence-corrected chi connectivity index (χ4v) is 1.08. The van der Waals surface area contributed by atoms with Crippen LogP contribution in [0.2, 0.25) is 0 Å². The van der Waals surface area contributed by atoms with E-state index in [4.69, 9.17) is 5.53 Å². The summed E-state index contributed by atoms with van der Waals surface area (Å²) in [5.41, 5.74) is 12.8. The summed E-state index contributed by atoms with van der Waals surface area (Å²) in [5, 5.41) is 2.90. The van der Waals surface area contributed by atoms with E-state index in [2.05, 4.69) is 15.8 Å². The normalized spacial score (nSPS) is 8.55. The number of benzene rings is 1. The number of carbonyl (C=O) groups is 1. The molecule has 1 aromatic rings. The van der Waals surface area contributed by atoms with Crippen LogP contribution in [-0.2, 0) is 0 Å². The van der Waals surface area contributed by atoms with Crippen molar-refractivity contribution in [3.63, 3.8) is 0 Å². The molecule has 1 rings (SSSR count). The van der Waals surface area contributed by atoms with Gasteiger partial charge in [-0.1, -0.05) is 35.4 Å². The lowest BCUT2D eigenvalue weighted by molar-refractivity contribution is 0.0977. The Kier molecular flexibility index (Phi) is 19.2. The number of Topliss-reactive ketones (excluding diaryl/α,β-unsaturated/α-hetero) is 1. The largest absolute Gasteiger partial charge is 0.328 e. The van der Waals surface area contributed by atoms with Crippen LogP contribution < -0.4 is 5.73 Å². The van der Waals surface area contributed by atoms with E-state index in [-0.39, 0.29) is 18.9 Å². The van der Waals surface area contributed by atoms with E-state index in [1.54, 1.807) is 12.1 Å². The lowest BCUT2D eigenvalue weighted by Crippen LogP contribution is -1.98. The van der Waals surface area contributed by atoms with Gasteiger partial charge in [-0.15, -0.1) is 0 Å². The van der Waals surface area contributed by atoms with E-state index >= 15 is 0 Å². The Hall–Kier alpha value is -2.05. The number of azide groups is 1. The van der Waals surface area contributed by atoms with Crippen LogP contribution in [0.4, 0.5) is 13.2 Å². The highest BCUT2D eigenvalue weighted by molar-refractivity contribution is 5.95. The molecule has 0 heterocycles. The lowest BCUT2D eigenvalue weighted by atomic mass is 10.1. The summed E-state index contributed by atoms with van der Waals surface area (Å²) in [7, 11) is 0. The van der Waals surface area contributed by atoms with Gasteiger partial charge in [0.2, 0.25) is 0 Å². The molecule has 0 atom stereocenters. The van der Waals surface area contributed by atoms with E-state index in [9.17, 15) is 18.0 Å². The van der Waals surface area contributed by atoms with Crippen LogP contribution in [0, 0.1) is 0 Å². The Morgan fingerprint density at radius 1 is 1.14 bits per heavy atom. The highest BCUT2D eigenvalue weighted by Crippen LogP contribution is 2.04. The van der Waals surface area contributed by atoms with Crippen molar-refractivity contribution in [3.05, 3.63) is 46.3 Å². The molecule has 0 aliphatic heterocycles. The smallest absolute Gasteiger partial charge is 0.162 e. The quantitative estimate of drug-likeness (QED) is 0.359. The maximum atomic E-state index is 11.7. The van der Waals surface area contributed by atoms with Crippen molar-refractivity contribution in [1.82, 2.24) is 0 Å².